The number of carbonyl (C=O) groups excluding carboxylic acids is 16. The van der Waals surface area contributed by atoms with Crippen LogP contribution in [0.15, 0.2) is 120 Å². The van der Waals surface area contributed by atoms with E-state index in [0.29, 0.717) is 53.3 Å². The number of para-hydroxylation sites is 1. The molecule has 5 aromatic rings. The van der Waals surface area contributed by atoms with Crippen molar-refractivity contribution in [3.63, 3.8) is 0 Å². The van der Waals surface area contributed by atoms with Crippen LogP contribution in [0.5, 0.6) is 5.75 Å². The van der Waals surface area contributed by atoms with Crippen LogP contribution in [0.2, 0.25) is 0 Å². The van der Waals surface area contributed by atoms with E-state index in [0.717, 1.165) is 0 Å². The largest absolute Gasteiger partial charge is 0.508 e. The van der Waals surface area contributed by atoms with E-state index in [1.807, 2.05) is 20.8 Å². The zero-order valence-electron chi connectivity index (χ0n) is 65.3. The van der Waals surface area contributed by atoms with Gasteiger partial charge in [0, 0.05) is 55.9 Å². The topological polar surface area (TPSA) is 659 Å². The number of aliphatic hydroxyl groups excluding tert-OH is 1. The summed E-state index contributed by atoms with van der Waals surface area (Å²) in [5.41, 5.74) is 42.1. The van der Waals surface area contributed by atoms with Crippen LogP contribution < -0.4 is 98.6 Å². The maximum absolute atomic E-state index is 14.9. The first-order valence-electron chi connectivity index (χ1n) is 38.2. The molecule has 1 saturated heterocycles. The lowest BCUT2D eigenvalue weighted by Crippen LogP contribution is -2.62. The molecule has 39 heteroatoms. The second-order valence-corrected chi connectivity index (χ2v) is 28.8. The van der Waals surface area contributed by atoms with Crippen molar-refractivity contribution in [1.82, 2.24) is 68.4 Å². The molecule has 12 atom stereocenters. The fourth-order valence-corrected chi connectivity index (χ4v) is 12.9. The number of hydrogen-bond donors (Lipinski definition) is 21. The van der Waals surface area contributed by atoms with Gasteiger partial charge in [-0.05, 0) is 84.9 Å². The van der Waals surface area contributed by atoms with E-state index >= 15 is 0 Å². The van der Waals surface area contributed by atoms with Gasteiger partial charge >= 0.3 is 0 Å². The molecule has 1 aliphatic rings. The Morgan fingerprint density at radius 3 is 1.44 bits per heavy atom. The minimum atomic E-state index is -2.02. The summed E-state index contributed by atoms with van der Waals surface area (Å²) in [5.74, 6) is -16.9. The summed E-state index contributed by atoms with van der Waals surface area (Å²) in [6, 6.07) is 10.0. The maximum atomic E-state index is 14.9. The monoisotopic (exact) mass is 1630 g/mol. The van der Waals surface area contributed by atoms with Crippen LogP contribution in [0.4, 0.5) is 0 Å². The van der Waals surface area contributed by atoms with E-state index < -0.39 is 212 Å². The van der Waals surface area contributed by atoms with E-state index in [1.54, 1.807) is 84.9 Å². The number of benzene rings is 4. The molecule has 117 heavy (non-hydrogen) atoms. The van der Waals surface area contributed by atoms with Crippen LogP contribution in [0.1, 0.15) is 114 Å². The Morgan fingerprint density at radius 2 is 0.923 bits per heavy atom. The van der Waals surface area contributed by atoms with Gasteiger partial charge in [0.05, 0.1) is 38.5 Å². The van der Waals surface area contributed by atoms with Crippen molar-refractivity contribution in [1.29, 1.82) is 0 Å². The third-order valence-electron chi connectivity index (χ3n) is 18.9. The number of amides is 16. The highest BCUT2D eigenvalue weighted by molar-refractivity contribution is 6.02. The molecule has 0 unspecified atom stereocenters. The number of nitrogens with zero attached hydrogens (tertiary/aromatic N) is 2. The molecule has 28 N–H and O–H groups in total. The number of primary amides is 4. The molecule has 1 aromatic heterocycles. The molecule has 6 rings (SSSR count). The first-order chi connectivity index (χ1) is 55.6. The number of aromatic hydroxyl groups is 1. The molecule has 16 amide bonds. The minimum absolute atomic E-state index is 0.0255. The zero-order chi connectivity index (χ0) is 86.0. The van der Waals surface area contributed by atoms with Gasteiger partial charge in [-0.15, -0.1) is 0 Å². The highest BCUT2D eigenvalue weighted by Crippen LogP contribution is 2.23. The van der Waals surface area contributed by atoms with E-state index in [9.17, 15) is 86.9 Å². The maximum Gasteiger partial charge on any atom is 0.245 e. The van der Waals surface area contributed by atoms with E-state index in [2.05, 4.69) is 68.5 Å². The standard InChI is InChI=1S/C78H107N21O18/c1-4-5-21-51(68(108)90-52(23-14-29-86-78(84)85)69(109)91-53(66(83)106)32-43-16-8-6-9-17-43)89-65(105)40-88-67(107)54(33-44-18-10-7-11-19-44)92-75(115)60(41-100)98-74(114)58(37-63(81)103)96-71(111)56(35-46-39-87-50-22-13-12-20-48(46)50)94-72(112)57(36-62(80)102)95-70(110)55(34-45-25-27-47(101)28-26-45)93-73(113)59(38-64(82)104)97-76(116)61-24-15-30-99(61)77(117)49(79)31-42(2)3/h6-13,16-20,22,25-28,39,42,49,51-61,87,100-101H,4-5,14-15,21,23-24,29-38,40-41,79H2,1-3H3,(H2,80,102)(H2,81,103)(H2,82,104)(H2,83,106)(H,88,107)(H,89,105)(H,90,108)(H,91,109)(H,92,115)(H,93,113)(H,94,112)(H,95,110)(H,96,111)(H,97,116)(H,98,114)(H4,84,85,86)/t49-,51-,52-,53-,54-,55-,56-,57-,58-,59-,60-,61-/m0/s1. The summed E-state index contributed by atoms with van der Waals surface area (Å²) in [5, 5.41) is 48.5. The number of aromatic nitrogens is 1. The fraction of sp³-hybridized carbons (Fsp3) is 0.449. The number of likely N-dealkylation sites (tertiary alicyclic amines) is 1. The Morgan fingerprint density at radius 1 is 0.496 bits per heavy atom. The summed E-state index contributed by atoms with van der Waals surface area (Å²) in [7, 11) is 0. The predicted molar refractivity (Wildman–Crippen MR) is 426 cm³/mol. The van der Waals surface area contributed by atoms with Crippen molar-refractivity contribution < 1.29 is 86.9 Å². The number of unbranched alkanes of at least 4 members (excludes halogenated alkanes) is 1. The van der Waals surface area contributed by atoms with Gasteiger partial charge in [0.2, 0.25) is 94.5 Å². The Balaban J connectivity index is 1.20. The number of aromatic amines is 1. The minimum Gasteiger partial charge on any atom is -0.508 e. The van der Waals surface area contributed by atoms with Gasteiger partial charge in [-0.25, -0.2) is 0 Å². The highest BCUT2D eigenvalue weighted by Gasteiger charge is 2.41. The van der Waals surface area contributed by atoms with Crippen LogP contribution >= 0.6 is 0 Å². The van der Waals surface area contributed by atoms with Crippen LogP contribution in [0.25, 0.3) is 10.9 Å². The van der Waals surface area contributed by atoms with Crippen molar-refractivity contribution in [3.8, 4) is 5.75 Å². The number of aliphatic hydroxyl groups is 1. The number of guanidine groups is 1. The molecular weight excluding hydrogens is 1520 g/mol. The normalized spacial score (nSPS) is 15.2. The Kier molecular flexibility index (Phi) is 36.7. The third-order valence-corrected chi connectivity index (χ3v) is 18.9. The van der Waals surface area contributed by atoms with Gasteiger partial charge in [-0.2, -0.15) is 0 Å². The average Bonchev–Trinajstić information content (AvgIpc) is 1.70. The van der Waals surface area contributed by atoms with Crippen LogP contribution in [-0.2, 0) is 102 Å². The summed E-state index contributed by atoms with van der Waals surface area (Å²) in [6.07, 6.45) is -0.443. The molecule has 0 radical (unpaired) electrons. The lowest BCUT2D eigenvalue weighted by molar-refractivity contribution is -0.141. The van der Waals surface area contributed by atoms with E-state index in [-0.39, 0.29) is 74.8 Å². The number of phenolic OH excluding ortho intramolecular Hbond substituents is 1. The summed E-state index contributed by atoms with van der Waals surface area (Å²) in [6.45, 7) is 3.78. The summed E-state index contributed by atoms with van der Waals surface area (Å²) >= 11 is 0. The van der Waals surface area contributed by atoms with Crippen molar-refractivity contribution in [3.05, 3.63) is 138 Å². The molecular formula is C78H107N21O18. The predicted octanol–water partition coefficient (Wildman–Crippen LogP) is -5.18. The molecule has 0 bridgehead atoms. The summed E-state index contributed by atoms with van der Waals surface area (Å²) < 4.78 is 0. The molecule has 0 aliphatic carbocycles. The number of phenols is 1. The molecule has 0 saturated carbocycles. The second-order valence-electron chi connectivity index (χ2n) is 28.8. The second kappa shape index (κ2) is 46.3. The SMILES string of the molecule is CCCC[C@H](NC(=O)CNC(=O)[C@H](Cc1ccccc1)NC(=O)[C@H](CO)NC(=O)[C@H](CC(N)=O)NC(=O)[C@H](Cc1c[nH]c2ccccc12)NC(=O)[C@H](CC(N)=O)NC(=O)[C@H](Cc1ccc(O)cc1)NC(=O)[C@H](CC(N)=O)NC(=O)[C@@H]1CCCN1C(=O)[C@@H](N)CC(C)C)C(=O)N[C@@H](CCCN=C(N)N)C(=O)N[C@@H](Cc1ccccc1)C(N)=O. The van der Waals surface area contributed by atoms with E-state index in [4.69, 9.17) is 40.1 Å². The number of nitrogens with two attached hydrogens (primary N) is 7. The van der Waals surface area contributed by atoms with Crippen molar-refractivity contribution in [2.75, 3.05) is 26.2 Å². The Bertz CT molecular complexity index is 4330. The van der Waals surface area contributed by atoms with Gasteiger partial charge in [0.15, 0.2) is 5.96 Å². The smallest absolute Gasteiger partial charge is 0.245 e. The first-order valence-corrected chi connectivity index (χ1v) is 38.2. The number of carbonyl (C=O) groups is 16. The van der Waals surface area contributed by atoms with Gasteiger partial charge in [0.1, 0.15) is 72.2 Å². The molecule has 2 heterocycles. The molecule has 39 nitrogen and oxygen atoms in total. The van der Waals surface area contributed by atoms with Crippen molar-refractivity contribution in [2.24, 2.45) is 51.0 Å². The quantitative estimate of drug-likeness (QED) is 0.00983. The van der Waals surface area contributed by atoms with Crippen LogP contribution in [0, 0.1) is 5.92 Å². The lowest BCUT2D eigenvalue weighted by atomic mass is 10.0. The third kappa shape index (κ3) is 30.7. The van der Waals surface area contributed by atoms with Crippen molar-refractivity contribution >= 4 is 111 Å². The highest BCUT2D eigenvalue weighted by atomic mass is 16.3. The fourth-order valence-electron chi connectivity index (χ4n) is 12.9. The van der Waals surface area contributed by atoms with Gasteiger partial charge < -0.3 is 119 Å². The Labute approximate surface area is 674 Å². The molecule has 632 valence electrons. The molecule has 4 aromatic carbocycles. The first kappa shape index (κ1) is 92.8. The number of H-pyrrole nitrogens is 1. The number of fused-ring (bicyclic) bond motifs is 1. The number of hydrogen-bond acceptors (Lipinski definition) is 20. The van der Waals surface area contributed by atoms with E-state index in [1.165, 1.54) is 35.4 Å². The Hall–Kier alpha value is -13.1. The van der Waals surface area contributed by atoms with Gasteiger partial charge in [-0.3, -0.25) is 81.7 Å². The summed E-state index contributed by atoms with van der Waals surface area (Å²) in [4.78, 5) is 230. The van der Waals surface area contributed by atoms with Crippen molar-refractivity contribution in [2.45, 2.75) is 190 Å². The zero-order valence-corrected chi connectivity index (χ0v) is 65.3. The number of rotatable bonds is 48. The number of nitrogens with one attached hydrogen (secondary N) is 12. The van der Waals surface area contributed by atoms with Crippen LogP contribution in [-0.4, -0.2) is 219 Å². The lowest BCUT2D eigenvalue weighted by Gasteiger charge is -2.29. The van der Waals surface area contributed by atoms with Gasteiger partial charge in [0.25, 0.3) is 0 Å². The molecule has 1 fully saturated rings. The van der Waals surface area contributed by atoms with Crippen LogP contribution in [0.3, 0.4) is 0 Å². The van der Waals surface area contributed by atoms with Gasteiger partial charge in [-0.1, -0.05) is 125 Å². The molecule has 0 spiro atoms. The molecule has 1 aliphatic heterocycles. The number of aliphatic imine (C=N–C) groups is 1. The average molecular weight is 1630 g/mol.